The van der Waals surface area contributed by atoms with E-state index in [1.54, 1.807) is 22.8 Å². The maximum Gasteiger partial charge on any atom is 0.323 e. The Balaban J connectivity index is 1.30. The second kappa shape index (κ2) is 12.3. The Hall–Kier alpha value is -4.53. The van der Waals surface area contributed by atoms with Gasteiger partial charge in [0.05, 0.1) is 5.92 Å². The normalized spacial score (nSPS) is 15.2. The number of aliphatic carboxylic acids is 1. The van der Waals surface area contributed by atoms with Gasteiger partial charge in [-0.05, 0) is 72.7 Å². The molecule has 2 amide bonds. The summed E-state index contributed by atoms with van der Waals surface area (Å²) >= 11 is 0. The van der Waals surface area contributed by atoms with Gasteiger partial charge in [-0.2, -0.15) is 0 Å². The molecular weight excluding hydrogens is 528 g/mol. The highest BCUT2D eigenvalue weighted by molar-refractivity contribution is 5.88. The zero-order valence-corrected chi connectivity index (χ0v) is 22.4. The number of carbonyl (C=O) groups excluding carboxylic acids is 2. The fourth-order valence-corrected chi connectivity index (χ4v) is 5.64. The summed E-state index contributed by atoms with van der Waals surface area (Å²) in [5, 5.41) is 16.0. The predicted octanol–water partition coefficient (Wildman–Crippen LogP) is 4.54. The highest BCUT2D eigenvalue weighted by Crippen LogP contribution is 2.33. The maximum atomic E-state index is 14.2. The van der Waals surface area contributed by atoms with Crippen LogP contribution >= 0.6 is 0 Å². The fraction of sp³-hybridized carbons (Fsp3) is 0.281. The summed E-state index contributed by atoms with van der Waals surface area (Å²) in [4.78, 5) is 38.0. The number of carboxylic acids is 1. The molecule has 1 aliphatic rings. The number of rotatable bonds is 10. The standard InChI is InChI=1S/C32H31F2N3O4/c33-23-8-6-21(7-9-23)18-35-30(38)15-22(14-20-4-2-1-3-5-20)32(41)36-25-11-13-29-27(17-25)26-16-24(34)10-12-28(26)37(29)19-31(39)40/h1-10,12,16,22,25H,11,13-15,17-19H2,(H,35,38)(H,36,41)(H,39,40)/t22-,25-/m0/s1. The molecule has 1 heterocycles. The number of nitrogens with one attached hydrogen (secondary N) is 2. The van der Waals surface area contributed by atoms with Crippen LogP contribution in [0.4, 0.5) is 8.78 Å². The average Bonchev–Trinajstić information content (AvgIpc) is 3.24. The van der Waals surface area contributed by atoms with Gasteiger partial charge < -0.3 is 20.3 Å². The SMILES string of the molecule is O=C(O)Cn1c2c(c3cc(F)ccc31)C[C@@H](NC(=O)[C@H](CC(=O)NCc1ccc(F)cc1)Cc1ccccc1)CC2. The van der Waals surface area contributed by atoms with Crippen molar-refractivity contribution in [3.63, 3.8) is 0 Å². The minimum absolute atomic E-state index is 0.0248. The Morgan fingerprint density at radius 2 is 1.68 bits per heavy atom. The fourth-order valence-electron chi connectivity index (χ4n) is 5.64. The number of halogens is 2. The van der Waals surface area contributed by atoms with Crippen LogP contribution in [-0.2, 0) is 46.7 Å². The van der Waals surface area contributed by atoms with Crippen molar-refractivity contribution < 1.29 is 28.3 Å². The van der Waals surface area contributed by atoms with E-state index in [4.69, 9.17) is 0 Å². The summed E-state index contributed by atoms with van der Waals surface area (Å²) in [7, 11) is 0. The third-order valence-corrected chi connectivity index (χ3v) is 7.60. The second-order valence-electron chi connectivity index (χ2n) is 10.5. The molecular formula is C32H31F2N3O4. The van der Waals surface area contributed by atoms with E-state index in [1.807, 2.05) is 30.3 Å². The molecule has 7 nitrogen and oxygen atoms in total. The van der Waals surface area contributed by atoms with E-state index in [2.05, 4.69) is 10.6 Å². The Bertz CT molecular complexity index is 1570. The van der Waals surface area contributed by atoms with Crippen LogP contribution < -0.4 is 10.6 Å². The van der Waals surface area contributed by atoms with Crippen LogP contribution in [0, 0.1) is 17.6 Å². The number of benzene rings is 3. The lowest BCUT2D eigenvalue weighted by Crippen LogP contribution is -2.43. The molecule has 0 saturated heterocycles. The molecule has 0 fully saturated rings. The molecule has 1 aliphatic carbocycles. The summed E-state index contributed by atoms with van der Waals surface area (Å²) in [6.07, 6.45) is 1.90. The molecule has 0 aliphatic heterocycles. The van der Waals surface area contributed by atoms with Crippen LogP contribution in [0.1, 0.15) is 35.2 Å². The Morgan fingerprint density at radius 1 is 0.951 bits per heavy atom. The van der Waals surface area contributed by atoms with Crippen molar-refractivity contribution in [2.75, 3.05) is 0 Å². The zero-order chi connectivity index (χ0) is 28.9. The number of fused-ring (bicyclic) bond motifs is 3. The lowest BCUT2D eigenvalue weighted by Gasteiger charge is -2.27. The highest BCUT2D eigenvalue weighted by atomic mass is 19.1. The van der Waals surface area contributed by atoms with E-state index in [0.29, 0.717) is 36.6 Å². The Labute approximate surface area is 236 Å². The Kier molecular flexibility index (Phi) is 8.42. The monoisotopic (exact) mass is 559 g/mol. The average molecular weight is 560 g/mol. The van der Waals surface area contributed by atoms with Gasteiger partial charge in [0.15, 0.2) is 0 Å². The van der Waals surface area contributed by atoms with Crippen molar-refractivity contribution in [3.05, 3.63) is 107 Å². The number of aromatic nitrogens is 1. The molecule has 5 rings (SSSR count). The third-order valence-electron chi connectivity index (χ3n) is 7.60. The molecule has 212 valence electrons. The maximum absolute atomic E-state index is 14.2. The molecule has 0 radical (unpaired) electrons. The summed E-state index contributed by atoms with van der Waals surface area (Å²) in [5.41, 5.74) is 4.02. The predicted molar refractivity (Wildman–Crippen MR) is 150 cm³/mol. The first-order chi connectivity index (χ1) is 19.8. The molecule has 3 N–H and O–H groups in total. The first-order valence-corrected chi connectivity index (χ1v) is 13.6. The van der Waals surface area contributed by atoms with Gasteiger partial charge in [0.25, 0.3) is 0 Å². The van der Waals surface area contributed by atoms with Crippen LogP contribution in [-0.4, -0.2) is 33.5 Å². The summed E-state index contributed by atoms with van der Waals surface area (Å²) in [5.74, 6) is -2.91. The van der Waals surface area contributed by atoms with Crippen LogP contribution in [0.15, 0.2) is 72.8 Å². The van der Waals surface area contributed by atoms with E-state index in [-0.39, 0.29) is 43.2 Å². The van der Waals surface area contributed by atoms with Crippen LogP contribution in [0.2, 0.25) is 0 Å². The van der Waals surface area contributed by atoms with Crippen molar-refractivity contribution in [2.45, 2.75) is 51.2 Å². The van der Waals surface area contributed by atoms with Gasteiger partial charge >= 0.3 is 5.97 Å². The van der Waals surface area contributed by atoms with Crippen LogP contribution in [0.3, 0.4) is 0 Å². The number of nitrogens with zero attached hydrogens (tertiary/aromatic N) is 1. The van der Waals surface area contributed by atoms with Crippen LogP contribution in [0.25, 0.3) is 10.9 Å². The lowest BCUT2D eigenvalue weighted by atomic mass is 9.89. The quantitative estimate of drug-likeness (QED) is 0.266. The molecule has 2 atom stereocenters. The third kappa shape index (κ3) is 6.80. The van der Waals surface area contributed by atoms with E-state index >= 15 is 0 Å². The second-order valence-corrected chi connectivity index (χ2v) is 10.5. The topological polar surface area (TPSA) is 100 Å². The van der Waals surface area contributed by atoms with Crippen molar-refractivity contribution >= 4 is 28.7 Å². The number of hydrogen-bond donors (Lipinski definition) is 3. The number of amides is 2. The van der Waals surface area contributed by atoms with Crippen molar-refractivity contribution in [1.82, 2.24) is 15.2 Å². The molecule has 9 heteroatoms. The molecule has 0 spiro atoms. The lowest BCUT2D eigenvalue weighted by molar-refractivity contribution is -0.137. The van der Waals surface area contributed by atoms with Gasteiger partial charge in [-0.3, -0.25) is 14.4 Å². The summed E-state index contributed by atoms with van der Waals surface area (Å²) < 4.78 is 29.1. The summed E-state index contributed by atoms with van der Waals surface area (Å²) in [6, 6.07) is 19.4. The number of carboxylic acid groups (broad SMARTS) is 1. The van der Waals surface area contributed by atoms with Crippen molar-refractivity contribution in [1.29, 1.82) is 0 Å². The van der Waals surface area contributed by atoms with Crippen molar-refractivity contribution in [2.24, 2.45) is 5.92 Å². The Morgan fingerprint density at radius 3 is 2.41 bits per heavy atom. The van der Waals surface area contributed by atoms with Gasteiger partial charge in [-0.15, -0.1) is 0 Å². The van der Waals surface area contributed by atoms with E-state index < -0.39 is 17.7 Å². The van der Waals surface area contributed by atoms with Crippen molar-refractivity contribution in [3.8, 4) is 0 Å². The van der Waals surface area contributed by atoms with E-state index in [0.717, 1.165) is 22.4 Å². The molecule has 41 heavy (non-hydrogen) atoms. The van der Waals surface area contributed by atoms with Gasteiger partial charge in [-0.25, -0.2) is 8.78 Å². The molecule has 1 aromatic heterocycles. The number of carbonyl (C=O) groups is 3. The van der Waals surface area contributed by atoms with E-state index in [9.17, 15) is 28.3 Å². The molecule has 0 bridgehead atoms. The first kappa shape index (κ1) is 28.0. The zero-order valence-electron chi connectivity index (χ0n) is 22.4. The van der Waals surface area contributed by atoms with Gasteiger partial charge in [-0.1, -0.05) is 42.5 Å². The van der Waals surface area contributed by atoms with Gasteiger partial charge in [0.2, 0.25) is 11.8 Å². The summed E-state index contributed by atoms with van der Waals surface area (Å²) in [6.45, 7) is 0.00182. The smallest absolute Gasteiger partial charge is 0.323 e. The minimum atomic E-state index is -0.981. The molecule has 0 unspecified atom stereocenters. The van der Waals surface area contributed by atoms with E-state index in [1.165, 1.54) is 24.3 Å². The number of hydrogen-bond acceptors (Lipinski definition) is 3. The minimum Gasteiger partial charge on any atom is -0.480 e. The highest BCUT2D eigenvalue weighted by Gasteiger charge is 2.30. The van der Waals surface area contributed by atoms with Gasteiger partial charge in [0.1, 0.15) is 18.2 Å². The molecule has 4 aromatic rings. The largest absolute Gasteiger partial charge is 0.480 e. The van der Waals surface area contributed by atoms with Crippen LogP contribution in [0.5, 0.6) is 0 Å². The van der Waals surface area contributed by atoms with Gasteiger partial charge in [0, 0.05) is 35.6 Å². The molecule has 3 aromatic carbocycles. The molecule has 0 saturated carbocycles. The first-order valence-electron chi connectivity index (χ1n) is 13.6.